The summed E-state index contributed by atoms with van der Waals surface area (Å²) in [7, 11) is 0. The van der Waals surface area contributed by atoms with Crippen LogP contribution in [0.25, 0.3) is 0 Å². The number of rotatable bonds is 4. The van der Waals surface area contributed by atoms with Crippen molar-refractivity contribution in [1.29, 1.82) is 0 Å². The number of nitrogens with two attached hydrogens (primary N) is 1. The van der Waals surface area contributed by atoms with Crippen LogP contribution in [0.4, 0.5) is 5.69 Å². The second kappa shape index (κ2) is 7.13. The summed E-state index contributed by atoms with van der Waals surface area (Å²) >= 11 is 0. The Hall–Kier alpha value is -1.88. The third-order valence-corrected chi connectivity index (χ3v) is 4.67. The summed E-state index contributed by atoms with van der Waals surface area (Å²) in [6, 6.07) is 5.35. The molecule has 126 valence electrons. The molecule has 4 N–H and O–H groups in total. The van der Waals surface area contributed by atoms with Crippen LogP contribution in [0.5, 0.6) is 0 Å². The van der Waals surface area contributed by atoms with Gasteiger partial charge in [-0.25, -0.2) is 0 Å². The lowest BCUT2D eigenvalue weighted by atomic mass is 9.74. The Labute approximate surface area is 138 Å². The minimum Gasteiger partial charge on any atom is -0.352 e. The van der Waals surface area contributed by atoms with E-state index in [1.54, 1.807) is 12.1 Å². The summed E-state index contributed by atoms with van der Waals surface area (Å²) in [4.78, 5) is 24.6. The van der Waals surface area contributed by atoms with Crippen LogP contribution >= 0.6 is 0 Å². The van der Waals surface area contributed by atoms with Gasteiger partial charge in [0.15, 0.2) is 0 Å². The van der Waals surface area contributed by atoms with Crippen LogP contribution in [0.15, 0.2) is 18.2 Å². The number of carbonyl (C=O) groups excluding carboxylic acids is 2. The lowest BCUT2D eigenvalue weighted by molar-refractivity contribution is -0.122. The minimum absolute atomic E-state index is 0.0501. The fourth-order valence-electron chi connectivity index (χ4n) is 3.17. The van der Waals surface area contributed by atoms with Crippen LogP contribution in [0.2, 0.25) is 0 Å². The van der Waals surface area contributed by atoms with Gasteiger partial charge in [-0.1, -0.05) is 18.9 Å². The molecule has 1 aliphatic rings. The average Bonchev–Trinajstić information content (AvgIpc) is 2.49. The van der Waals surface area contributed by atoms with Crippen molar-refractivity contribution in [3.63, 3.8) is 0 Å². The van der Waals surface area contributed by atoms with Crippen molar-refractivity contribution in [3.8, 4) is 0 Å². The Kier molecular flexibility index (Phi) is 5.42. The van der Waals surface area contributed by atoms with Crippen molar-refractivity contribution in [1.82, 2.24) is 5.32 Å². The highest BCUT2D eigenvalue weighted by Crippen LogP contribution is 2.32. The van der Waals surface area contributed by atoms with Crippen molar-refractivity contribution < 1.29 is 9.59 Å². The van der Waals surface area contributed by atoms with E-state index in [4.69, 9.17) is 5.73 Å². The summed E-state index contributed by atoms with van der Waals surface area (Å²) in [6.45, 7) is 6.32. The van der Waals surface area contributed by atoms with E-state index < -0.39 is 5.54 Å². The van der Waals surface area contributed by atoms with Gasteiger partial charge >= 0.3 is 0 Å². The van der Waals surface area contributed by atoms with E-state index in [0.29, 0.717) is 17.8 Å². The van der Waals surface area contributed by atoms with Crippen molar-refractivity contribution in [2.24, 2.45) is 11.7 Å². The second-order valence-corrected chi connectivity index (χ2v) is 6.68. The molecule has 0 aromatic heterocycles. The molecular weight excluding hydrogens is 290 g/mol. The Balaban J connectivity index is 2.17. The standard InChI is InChI=1S/C18H27N3O2/c1-4-20-16(22)13-9-8-12(2)15(11-13)21-17(23)14-7-5-6-10-18(14,3)19/h8-9,11,14H,4-7,10,19H2,1-3H3,(H,20,22)(H,21,23). The first kappa shape index (κ1) is 17.5. The average molecular weight is 317 g/mol. The molecule has 1 aromatic carbocycles. The quantitative estimate of drug-likeness (QED) is 0.798. The van der Waals surface area contributed by atoms with Crippen molar-refractivity contribution in [3.05, 3.63) is 29.3 Å². The zero-order valence-corrected chi connectivity index (χ0v) is 14.2. The topological polar surface area (TPSA) is 84.2 Å². The van der Waals surface area contributed by atoms with Crippen LogP contribution in [0.3, 0.4) is 0 Å². The molecule has 2 atom stereocenters. The molecule has 0 aliphatic heterocycles. The SMILES string of the molecule is CCNC(=O)c1ccc(C)c(NC(=O)C2CCCCC2(C)N)c1. The van der Waals surface area contributed by atoms with Gasteiger partial charge in [0.1, 0.15) is 0 Å². The summed E-state index contributed by atoms with van der Waals surface area (Å²) in [6.07, 6.45) is 3.78. The predicted octanol–water partition coefficient (Wildman–Crippen LogP) is 2.59. The lowest BCUT2D eigenvalue weighted by Crippen LogP contribution is -2.51. The summed E-state index contributed by atoms with van der Waals surface area (Å²) in [5.41, 5.74) is 8.00. The third-order valence-electron chi connectivity index (χ3n) is 4.67. The molecule has 2 rings (SSSR count). The normalized spacial score (nSPS) is 24.1. The number of amides is 2. The van der Waals surface area contributed by atoms with Crippen molar-refractivity contribution in [2.75, 3.05) is 11.9 Å². The first-order valence-corrected chi connectivity index (χ1v) is 8.33. The molecular formula is C18H27N3O2. The number of benzene rings is 1. The fraction of sp³-hybridized carbons (Fsp3) is 0.556. The molecule has 1 fully saturated rings. The zero-order chi connectivity index (χ0) is 17.0. The van der Waals surface area contributed by atoms with Gasteiger partial charge < -0.3 is 16.4 Å². The Morgan fingerprint density at radius 2 is 2.09 bits per heavy atom. The predicted molar refractivity (Wildman–Crippen MR) is 92.4 cm³/mol. The minimum atomic E-state index is -0.465. The van der Waals surface area contributed by atoms with Gasteiger partial charge in [-0.15, -0.1) is 0 Å². The Bertz CT molecular complexity index is 596. The van der Waals surface area contributed by atoms with E-state index in [9.17, 15) is 9.59 Å². The number of anilines is 1. The summed E-state index contributed by atoms with van der Waals surface area (Å²) < 4.78 is 0. The molecule has 1 aliphatic carbocycles. The fourth-order valence-corrected chi connectivity index (χ4v) is 3.17. The maximum absolute atomic E-state index is 12.7. The van der Waals surface area contributed by atoms with Crippen LogP contribution in [0.1, 0.15) is 55.5 Å². The van der Waals surface area contributed by atoms with Gasteiger partial charge in [0.05, 0.1) is 5.92 Å². The monoisotopic (exact) mass is 317 g/mol. The highest BCUT2D eigenvalue weighted by atomic mass is 16.2. The van der Waals surface area contributed by atoms with E-state index in [2.05, 4.69) is 10.6 Å². The number of hydrogen-bond donors (Lipinski definition) is 3. The molecule has 0 saturated heterocycles. The second-order valence-electron chi connectivity index (χ2n) is 6.68. The molecule has 5 nitrogen and oxygen atoms in total. The smallest absolute Gasteiger partial charge is 0.251 e. The molecule has 0 radical (unpaired) electrons. The molecule has 0 heterocycles. The van der Waals surface area contributed by atoms with E-state index in [0.717, 1.165) is 31.2 Å². The lowest BCUT2D eigenvalue weighted by Gasteiger charge is -2.37. The highest BCUT2D eigenvalue weighted by Gasteiger charge is 2.37. The van der Waals surface area contributed by atoms with Gasteiger partial charge in [0.2, 0.25) is 5.91 Å². The number of carbonyl (C=O) groups is 2. The summed E-state index contributed by atoms with van der Waals surface area (Å²) in [5, 5.41) is 5.74. The number of nitrogens with one attached hydrogen (secondary N) is 2. The molecule has 5 heteroatoms. The van der Waals surface area contributed by atoms with Crippen LogP contribution < -0.4 is 16.4 Å². The maximum Gasteiger partial charge on any atom is 0.251 e. The molecule has 0 bridgehead atoms. The zero-order valence-electron chi connectivity index (χ0n) is 14.2. The van der Waals surface area contributed by atoms with Gasteiger partial charge in [0.25, 0.3) is 5.91 Å². The first-order chi connectivity index (χ1) is 10.8. The summed E-state index contributed by atoms with van der Waals surface area (Å²) in [5.74, 6) is -0.376. The van der Waals surface area contributed by atoms with Gasteiger partial charge in [-0.3, -0.25) is 9.59 Å². The Morgan fingerprint density at radius 1 is 1.35 bits per heavy atom. The van der Waals surface area contributed by atoms with Gasteiger partial charge in [-0.05, 0) is 51.3 Å². The van der Waals surface area contributed by atoms with Gasteiger partial charge in [0, 0.05) is 23.3 Å². The van der Waals surface area contributed by atoms with Crippen LogP contribution in [0, 0.1) is 12.8 Å². The van der Waals surface area contributed by atoms with E-state index in [1.165, 1.54) is 0 Å². The highest BCUT2D eigenvalue weighted by molar-refractivity contribution is 5.98. The van der Waals surface area contributed by atoms with Crippen molar-refractivity contribution in [2.45, 2.75) is 52.0 Å². The molecule has 2 amide bonds. The van der Waals surface area contributed by atoms with E-state index >= 15 is 0 Å². The van der Waals surface area contributed by atoms with E-state index in [-0.39, 0.29) is 17.7 Å². The first-order valence-electron chi connectivity index (χ1n) is 8.33. The van der Waals surface area contributed by atoms with E-state index in [1.807, 2.05) is 26.8 Å². The Morgan fingerprint density at radius 3 is 2.74 bits per heavy atom. The largest absolute Gasteiger partial charge is 0.352 e. The van der Waals surface area contributed by atoms with Gasteiger partial charge in [-0.2, -0.15) is 0 Å². The molecule has 1 aromatic rings. The van der Waals surface area contributed by atoms with Crippen molar-refractivity contribution >= 4 is 17.5 Å². The molecule has 0 spiro atoms. The third kappa shape index (κ3) is 4.10. The molecule has 2 unspecified atom stereocenters. The van der Waals surface area contributed by atoms with Crippen LogP contribution in [-0.2, 0) is 4.79 Å². The molecule has 23 heavy (non-hydrogen) atoms. The van der Waals surface area contributed by atoms with Crippen LogP contribution in [-0.4, -0.2) is 23.9 Å². The molecule has 1 saturated carbocycles. The maximum atomic E-state index is 12.7. The number of aryl methyl sites for hydroxylation is 1. The number of hydrogen-bond acceptors (Lipinski definition) is 3.